The van der Waals surface area contributed by atoms with Crippen molar-refractivity contribution in [2.24, 2.45) is 16.7 Å². The van der Waals surface area contributed by atoms with Crippen molar-refractivity contribution in [2.45, 2.75) is 46.1 Å². The predicted molar refractivity (Wildman–Crippen MR) is 45.9 cm³/mol. The van der Waals surface area contributed by atoms with Crippen molar-refractivity contribution in [3.05, 3.63) is 0 Å². The van der Waals surface area contributed by atoms with Crippen LogP contribution >= 0.6 is 0 Å². The van der Waals surface area contributed by atoms with Crippen LogP contribution in [0.15, 0.2) is 0 Å². The number of hydrogen-bond donors (Lipinski definition) is 1. The van der Waals surface area contributed by atoms with Crippen molar-refractivity contribution < 1.29 is 5.73 Å². The van der Waals surface area contributed by atoms with E-state index in [9.17, 15) is 0 Å². The zero-order chi connectivity index (χ0) is 8.28. The van der Waals surface area contributed by atoms with Crippen LogP contribution in [0.4, 0.5) is 0 Å². The maximum Gasteiger partial charge on any atom is 0.0951 e. The smallest absolute Gasteiger partial charge is 0.0951 e. The number of fused-ring (bicyclic) bond motifs is 2. The summed E-state index contributed by atoms with van der Waals surface area (Å²) >= 11 is 0. The van der Waals surface area contributed by atoms with Gasteiger partial charge in [0, 0.05) is 10.8 Å². The Morgan fingerprint density at radius 1 is 1.27 bits per heavy atom. The summed E-state index contributed by atoms with van der Waals surface area (Å²) in [6.07, 6.45) is 4.32. The minimum Gasteiger partial charge on any atom is -0.354 e. The van der Waals surface area contributed by atoms with Gasteiger partial charge in [-0.1, -0.05) is 20.8 Å². The van der Waals surface area contributed by atoms with Gasteiger partial charge in [-0.2, -0.15) is 0 Å². The van der Waals surface area contributed by atoms with Crippen molar-refractivity contribution in [2.75, 3.05) is 0 Å². The molecule has 2 aliphatic rings. The van der Waals surface area contributed by atoms with Crippen LogP contribution in [0.25, 0.3) is 0 Å². The molecular weight excluding hydrogens is 134 g/mol. The van der Waals surface area contributed by atoms with E-state index in [-0.39, 0.29) is 0 Å². The zero-order valence-electron chi connectivity index (χ0n) is 7.98. The highest BCUT2D eigenvalue weighted by Crippen LogP contribution is 2.60. The number of rotatable bonds is 0. The van der Waals surface area contributed by atoms with Crippen LogP contribution in [0.5, 0.6) is 0 Å². The summed E-state index contributed by atoms with van der Waals surface area (Å²) in [5.74, 6) is 0.968. The Bertz CT molecular complexity index is 181. The highest BCUT2D eigenvalue weighted by molar-refractivity contribution is 5.07. The molecule has 2 fully saturated rings. The van der Waals surface area contributed by atoms with E-state index in [1.54, 1.807) is 0 Å². The second-order valence-corrected chi connectivity index (χ2v) is 5.47. The lowest BCUT2D eigenvalue weighted by Gasteiger charge is -2.37. The minimum atomic E-state index is 0.521. The van der Waals surface area contributed by atoms with E-state index < -0.39 is 0 Å². The van der Waals surface area contributed by atoms with E-state index in [4.69, 9.17) is 0 Å². The van der Waals surface area contributed by atoms with Crippen molar-refractivity contribution in [3.8, 4) is 0 Å². The molecule has 0 aliphatic heterocycles. The molecule has 0 aromatic rings. The van der Waals surface area contributed by atoms with Crippen LogP contribution in [0, 0.1) is 16.7 Å². The molecule has 0 aromatic carbocycles. The molecule has 64 valence electrons. The molecule has 2 bridgehead atoms. The topological polar surface area (TPSA) is 27.6 Å². The fourth-order valence-corrected chi connectivity index (χ4v) is 3.41. The molecule has 0 radical (unpaired) electrons. The monoisotopic (exact) mass is 154 g/mol. The van der Waals surface area contributed by atoms with Gasteiger partial charge in [0.1, 0.15) is 0 Å². The third-order valence-corrected chi connectivity index (χ3v) is 4.57. The Balaban J connectivity index is 2.34. The molecule has 0 spiro atoms. The molecule has 2 saturated carbocycles. The second-order valence-electron chi connectivity index (χ2n) is 5.47. The van der Waals surface area contributed by atoms with Crippen LogP contribution in [0.2, 0.25) is 0 Å². The van der Waals surface area contributed by atoms with E-state index in [0.29, 0.717) is 16.9 Å². The van der Waals surface area contributed by atoms with Crippen molar-refractivity contribution in [3.63, 3.8) is 0 Å². The van der Waals surface area contributed by atoms with Gasteiger partial charge in [0.15, 0.2) is 0 Å². The predicted octanol–water partition coefficient (Wildman–Crippen LogP) is 1.44. The summed E-state index contributed by atoms with van der Waals surface area (Å²) in [7, 11) is 0. The van der Waals surface area contributed by atoms with Crippen LogP contribution in [0.3, 0.4) is 0 Å². The van der Waals surface area contributed by atoms with Crippen molar-refractivity contribution in [1.29, 1.82) is 0 Å². The lowest BCUT2D eigenvalue weighted by atomic mass is 9.69. The van der Waals surface area contributed by atoms with E-state index in [1.165, 1.54) is 19.3 Å². The van der Waals surface area contributed by atoms with Gasteiger partial charge in [-0.15, -0.1) is 0 Å². The zero-order valence-corrected chi connectivity index (χ0v) is 7.98. The average molecular weight is 154 g/mol. The molecule has 1 nitrogen and oxygen atoms in total. The highest BCUT2D eigenvalue weighted by atomic mass is 14.8. The van der Waals surface area contributed by atoms with Gasteiger partial charge in [0.25, 0.3) is 0 Å². The normalized spacial score (nSPS) is 53.5. The first-order valence-corrected chi connectivity index (χ1v) is 4.80. The quantitative estimate of drug-likeness (QED) is 0.547. The summed E-state index contributed by atoms with van der Waals surface area (Å²) in [6.45, 7) is 7.24. The summed E-state index contributed by atoms with van der Waals surface area (Å²) in [5, 5.41) is 0. The Morgan fingerprint density at radius 3 is 2.18 bits per heavy atom. The van der Waals surface area contributed by atoms with E-state index in [0.717, 1.165) is 5.92 Å². The molecule has 2 aliphatic carbocycles. The first-order valence-electron chi connectivity index (χ1n) is 4.80. The third kappa shape index (κ3) is 0.752. The lowest BCUT2D eigenvalue weighted by molar-refractivity contribution is -0.467. The second kappa shape index (κ2) is 1.82. The van der Waals surface area contributed by atoms with Crippen LogP contribution in [0.1, 0.15) is 40.0 Å². The van der Waals surface area contributed by atoms with Crippen molar-refractivity contribution >= 4 is 0 Å². The molecule has 0 heterocycles. The Kier molecular flexibility index (Phi) is 1.26. The largest absolute Gasteiger partial charge is 0.354 e. The Hall–Kier alpha value is -0.0400. The molecular formula is C10H20N+. The summed E-state index contributed by atoms with van der Waals surface area (Å²) in [5.41, 5.74) is 5.46. The van der Waals surface area contributed by atoms with E-state index in [2.05, 4.69) is 26.5 Å². The summed E-state index contributed by atoms with van der Waals surface area (Å²) in [4.78, 5) is 0. The van der Waals surface area contributed by atoms with Gasteiger partial charge in [-0.25, -0.2) is 0 Å². The summed E-state index contributed by atoms with van der Waals surface area (Å²) in [6, 6.07) is 0.689. The standard InChI is InChI=1S/C10H19N/c1-9(2)7-4-5-10(3,6-7)8(9)11/h7-8H,4-6,11H2,1-3H3/p+1/t7-,8?,10+/m0/s1. The first-order chi connectivity index (χ1) is 4.97. The van der Waals surface area contributed by atoms with Gasteiger partial charge >= 0.3 is 0 Å². The lowest BCUT2D eigenvalue weighted by Crippen LogP contribution is -2.72. The van der Waals surface area contributed by atoms with Gasteiger partial charge in [-0.3, -0.25) is 0 Å². The molecule has 3 atom stereocenters. The van der Waals surface area contributed by atoms with Crippen molar-refractivity contribution in [1.82, 2.24) is 0 Å². The SMILES string of the molecule is CC1(C)C([NH3+])[C@]2(C)CC[C@H]1C2. The van der Waals surface area contributed by atoms with Crippen LogP contribution in [-0.4, -0.2) is 6.04 Å². The van der Waals surface area contributed by atoms with Gasteiger partial charge in [-0.05, 0) is 25.2 Å². The Morgan fingerprint density at radius 2 is 1.91 bits per heavy atom. The summed E-state index contributed by atoms with van der Waals surface area (Å²) < 4.78 is 0. The fourth-order valence-electron chi connectivity index (χ4n) is 3.41. The van der Waals surface area contributed by atoms with Crippen LogP contribution in [-0.2, 0) is 0 Å². The molecule has 3 N–H and O–H groups in total. The first kappa shape index (κ1) is 7.60. The maximum atomic E-state index is 4.34. The fraction of sp³-hybridized carbons (Fsp3) is 1.00. The minimum absolute atomic E-state index is 0.521. The molecule has 1 unspecified atom stereocenters. The average Bonchev–Trinajstić information content (AvgIpc) is 2.36. The molecule has 0 saturated heterocycles. The number of hydrogen-bond acceptors (Lipinski definition) is 0. The van der Waals surface area contributed by atoms with Gasteiger partial charge in [0.05, 0.1) is 6.04 Å². The van der Waals surface area contributed by atoms with Gasteiger partial charge in [0.2, 0.25) is 0 Å². The molecule has 2 rings (SSSR count). The maximum absolute atomic E-state index is 4.34. The molecule has 11 heavy (non-hydrogen) atoms. The third-order valence-electron chi connectivity index (χ3n) is 4.57. The molecule has 0 amide bonds. The van der Waals surface area contributed by atoms with E-state index in [1.807, 2.05) is 0 Å². The van der Waals surface area contributed by atoms with E-state index >= 15 is 0 Å². The molecule has 0 aromatic heterocycles. The van der Waals surface area contributed by atoms with Gasteiger partial charge < -0.3 is 5.73 Å². The number of quaternary nitrogens is 1. The highest BCUT2D eigenvalue weighted by Gasteiger charge is 2.60. The van der Waals surface area contributed by atoms with Crippen LogP contribution < -0.4 is 5.73 Å². The Labute approximate surface area is 69.4 Å². The molecule has 1 heteroatoms.